The highest BCUT2D eigenvalue weighted by molar-refractivity contribution is 5.73. The van der Waals surface area contributed by atoms with E-state index in [1.807, 2.05) is 6.07 Å². The summed E-state index contributed by atoms with van der Waals surface area (Å²) in [4.78, 5) is 0. The van der Waals surface area contributed by atoms with E-state index >= 15 is 0 Å². The lowest BCUT2D eigenvalue weighted by molar-refractivity contribution is 0.306. The molecule has 2 aromatic carbocycles. The van der Waals surface area contributed by atoms with Gasteiger partial charge in [0, 0.05) is 5.56 Å². The molecule has 2 N–H and O–H groups in total. The van der Waals surface area contributed by atoms with Gasteiger partial charge < -0.3 is 10.5 Å². The number of nitrogens with two attached hydrogens (primary N) is 1. The molecule has 0 aliphatic carbocycles. The summed E-state index contributed by atoms with van der Waals surface area (Å²) in [6.07, 6.45) is 4.57. The first-order valence-electron chi connectivity index (χ1n) is 7.81. The Balaban J connectivity index is 2.01. The third-order valence-corrected chi connectivity index (χ3v) is 3.65. The minimum absolute atomic E-state index is 0.772. The van der Waals surface area contributed by atoms with Gasteiger partial charge in [-0.1, -0.05) is 55.3 Å². The van der Waals surface area contributed by atoms with Gasteiger partial charge in [-0.3, -0.25) is 0 Å². The van der Waals surface area contributed by atoms with E-state index in [1.165, 1.54) is 29.5 Å². The van der Waals surface area contributed by atoms with E-state index in [-0.39, 0.29) is 0 Å². The van der Waals surface area contributed by atoms with Crippen LogP contribution in [0.5, 0.6) is 5.75 Å². The van der Waals surface area contributed by atoms with Crippen molar-refractivity contribution in [1.82, 2.24) is 0 Å². The summed E-state index contributed by atoms with van der Waals surface area (Å²) >= 11 is 0. The van der Waals surface area contributed by atoms with Crippen molar-refractivity contribution in [3.63, 3.8) is 0 Å². The number of ether oxygens (including phenoxy) is 1. The highest BCUT2D eigenvalue weighted by Gasteiger charge is 2.08. The molecule has 112 valence electrons. The van der Waals surface area contributed by atoms with Crippen molar-refractivity contribution >= 4 is 0 Å². The van der Waals surface area contributed by atoms with E-state index in [9.17, 15) is 0 Å². The molecule has 0 bridgehead atoms. The highest BCUT2D eigenvalue weighted by Crippen LogP contribution is 2.33. The monoisotopic (exact) mass is 283 g/mol. The zero-order chi connectivity index (χ0) is 14.9. The fourth-order valence-corrected chi connectivity index (χ4v) is 2.52. The fourth-order valence-electron chi connectivity index (χ4n) is 2.52. The molecule has 0 spiro atoms. The topological polar surface area (TPSA) is 35.2 Å². The average molecular weight is 283 g/mol. The first-order chi connectivity index (χ1) is 10.3. The molecular formula is C19H25NO. The number of benzene rings is 2. The minimum Gasteiger partial charge on any atom is -0.493 e. The summed E-state index contributed by atoms with van der Waals surface area (Å²) in [6.45, 7) is 3.70. The molecule has 0 radical (unpaired) electrons. The lowest BCUT2D eigenvalue weighted by Crippen LogP contribution is -2.01. The van der Waals surface area contributed by atoms with Crippen molar-refractivity contribution in [3.8, 4) is 16.9 Å². The van der Waals surface area contributed by atoms with Crippen LogP contribution in [0.3, 0.4) is 0 Å². The van der Waals surface area contributed by atoms with Gasteiger partial charge in [-0.25, -0.2) is 0 Å². The normalized spacial score (nSPS) is 10.6. The second kappa shape index (κ2) is 8.48. The Hall–Kier alpha value is -1.80. The zero-order valence-corrected chi connectivity index (χ0v) is 12.8. The molecule has 0 fully saturated rings. The molecule has 0 saturated heterocycles. The molecule has 2 nitrogen and oxygen atoms in total. The van der Waals surface area contributed by atoms with Crippen LogP contribution in [-0.2, 0) is 0 Å². The molecule has 0 aromatic heterocycles. The van der Waals surface area contributed by atoms with Crippen LogP contribution in [0, 0.1) is 6.92 Å². The minimum atomic E-state index is 0.772. The largest absolute Gasteiger partial charge is 0.493 e. The van der Waals surface area contributed by atoms with Gasteiger partial charge >= 0.3 is 0 Å². The second-order valence-electron chi connectivity index (χ2n) is 5.37. The van der Waals surface area contributed by atoms with Crippen LogP contribution in [0.1, 0.15) is 31.2 Å². The third-order valence-electron chi connectivity index (χ3n) is 3.65. The van der Waals surface area contributed by atoms with Crippen molar-refractivity contribution in [2.45, 2.75) is 32.6 Å². The Morgan fingerprint density at radius 3 is 2.38 bits per heavy atom. The molecule has 21 heavy (non-hydrogen) atoms. The third kappa shape index (κ3) is 4.61. The van der Waals surface area contributed by atoms with Gasteiger partial charge in [0.1, 0.15) is 5.75 Å². The lowest BCUT2D eigenvalue weighted by atomic mass is 9.99. The van der Waals surface area contributed by atoms with E-state index in [2.05, 4.69) is 49.4 Å². The van der Waals surface area contributed by atoms with E-state index in [4.69, 9.17) is 10.5 Å². The van der Waals surface area contributed by atoms with E-state index < -0.39 is 0 Å². The Morgan fingerprint density at radius 2 is 1.62 bits per heavy atom. The van der Waals surface area contributed by atoms with E-state index in [0.29, 0.717) is 0 Å². The summed E-state index contributed by atoms with van der Waals surface area (Å²) in [6, 6.07) is 16.7. The van der Waals surface area contributed by atoms with E-state index in [0.717, 1.165) is 31.7 Å². The summed E-state index contributed by atoms with van der Waals surface area (Å²) in [5.74, 6) is 0.986. The highest BCUT2D eigenvalue weighted by atomic mass is 16.5. The maximum absolute atomic E-state index is 6.02. The van der Waals surface area contributed by atoms with Gasteiger partial charge in [-0.2, -0.15) is 0 Å². The zero-order valence-electron chi connectivity index (χ0n) is 12.8. The number of rotatable bonds is 8. The lowest BCUT2D eigenvalue weighted by Gasteiger charge is -2.14. The van der Waals surface area contributed by atoms with Crippen LogP contribution in [-0.4, -0.2) is 13.2 Å². The molecule has 0 heterocycles. The van der Waals surface area contributed by atoms with Crippen molar-refractivity contribution in [2.75, 3.05) is 13.2 Å². The molecular weight excluding hydrogens is 258 g/mol. The molecule has 0 unspecified atom stereocenters. The molecule has 0 atom stereocenters. The molecule has 2 heteroatoms. The molecule has 0 saturated carbocycles. The van der Waals surface area contributed by atoms with Crippen molar-refractivity contribution in [3.05, 3.63) is 54.1 Å². The molecule has 0 aliphatic rings. The maximum atomic E-state index is 6.02. The molecule has 0 aliphatic heterocycles. The Morgan fingerprint density at radius 1 is 0.857 bits per heavy atom. The standard InChI is InChI=1S/C19H25NO/c1-16-10-9-13-18(21-15-8-3-2-7-14-20)19(16)17-11-5-4-6-12-17/h4-6,9-13H,2-3,7-8,14-15,20H2,1H3. The SMILES string of the molecule is Cc1cccc(OCCCCCCN)c1-c1ccccc1. The number of hydrogen-bond acceptors (Lipinski definition) is 2. The predicted molar refractivity (Wildman–Crippen MR) is 89.6 cm³/mol. The Bertz CT molecular complexity index is 537. The molecule has 2 aromatic rings. The number of aryl methyl sites for hydroxylation is 1. The van der Waals surface area contributed by atoms with Gasteiger partial charge in [-0.15, -0.1) is 0 Å². The van der Waals surface area contributed by atoms with E-state index in [1.54, 1.807) is 0 Å². The number of hydrogen-bond donors (Lipinski definition) is 1. The van der Waals surface area contributed by atoms with Crippen molar-refractivity contribution < 1.29 is 4.74 Å². The summed E-state index contributed by atoms with van der Waals surface area (Å²) in [5.41, 5.74) is 9.18. The smallest absolute Gasteiger partial charge is 0.127 e. The van der Waals surface area contributed by atoms with Crippen LogP contribution in [0.4, 0.5) is 0 Å². The predicted octanol–water partition coefficient (Wildman–Crippen LogP) is 4.56. The molecule has 0 amide bonds. The van der Waals surface area contributed by atoms with Crippen LogP contribution in [0.15, 0.2) is 48.5 Å². The van der Waals surface area contributed by atoms with Crippen molar-refractivity contribution in [2.24, 2.45) is 5.73 Å². The Kier molecular flexibility index (Phi) is 6.29. The molecule has 2 rings (SSSR count). The van der Waals surface area contributed by atoms with Crippen molar-refractivity contribution in [1.29, 1.82) is 0 Å². The maximum Gasteiger partial charge on any atom is 0.127 e. The first kappa shape index (κ1) is 15.6. The van der Waals surface area contributed by atoms with Crippen LogP contribution in [0.25, 0.3) is 11.1 Å². The van der Waals surface area contributed by atoms with Gasteiger partial charge in [0.15, 0.2) is 0 Å². The van der Waals surface area contributed by atoms with Crippen LogP contribution < -0.4 is 10.5 Å². The van der Waals surface area contributed by atoms with Crippen LogP contribution in [0.2, 0.25) is 0 Å². The fraction of sp³-hybridized carbons (Fsp3) is 0.368. The first-order valence-corrected chi connectivity index (χ1v) is 7.81. The van der Waals surface area contributed by atoms with Gasteiger partial charge in [0.25, 0.3) is 0 Å². The quantitative estimate of drug-likeness (QED) is 0.721. The summed E-state index contributed by atoms with van der Waals surface area (Å²) in [5, 5.41) is 0. The van der Waals surface area contributed by atoms with Gasteiger partial charge in [0.2, 0.25) is 0 Å². The van der Waals surface area contributed by atoms with Crippen LogP contribution >= 0.6 is 0 Å². The second-order valence-corrected chi connectivity index (χ2v) is 5.37. The summed E-state index contributed by atoms with van der Waals surface area (Å²) in [7, 11) is 0. The van der Waals surface area contributed by atoms with Gasteiger partial charge in [-0.05, 0) is 43.5 Å². The average Bonchev–Trinajstić information content (AvgIpc) is 2.52. The Labute approximate surface area is 127 Å². The summed E-state index contributed by atoms with van der Waals surface area (Å²) < 4.78 is 6.02. The number of unbranched alkanes of at least 4 members (excludes halogenated alkanes) is 3. The van der Waals surface area contributed by atoms with Gasteiger partial charge in [0.05, 0.1) is 6.61 Å².